The van der Waals surface area contributed by atoms with Crippen LogP contribution in [-0.4, -0.2) is 50.6 Å². The van der Waals surface area contributed by atoms with Crippen molar-refractivity contribution in [1.82, 2.24) is 14.9 Å². The van der Waals surface area contributed by atoms with Gasteiger partial charge in [-0.2, -0.15) is 0 Å². The van der Waals surface area contributed by atoms with E-state index in [1.54, 1.807) is 0 Å². The second-order valence-electron chi connectivity index (χ2n) is 4.92. The minimum absolute atomic E-state index is 0.122. The Morgan fingerprint density at radius 2 is 1.81 bits per heavy atom. The van der Waals surface area contributed by atoms with E-state index in [0.717, 1.165) is 12.1 Å². The highest BCUT2D eigenvalue weighted by Crippen LogP contribution is 2.18. The lowest BCUT2D eigenvalue weighted by atomic mass is 10.2. The molecule has 2 rings (SSSR count). The quantitative estimate of drug-likeness (QED) is 0.383. The first-order valence-electron chi connectivity index (χ1n) is 6.99. The van der Waals surface area contributed by atoms with Crippen LogP contribution < -0.4 is 15.2 Å². The van der Waals surface area contributed by atoms with Crippen molar-refractivity contribution in [3.05, 3.63) is 29.8 Å². The maximum atomic E-state index is 12.2. The van der Waals surface area contributed by atoms with Gasteiger partial charge in [-0.1, -0.05) is 23.5 Å². The molecular formula is C12H13N5O7S3. The second kappa shape index (κ2) is 8.05. The number of hydrogen-bond donors (Lipinski definition) is 4. The average molecular weight is 435 g/mol. The summed E-state index contributed by atoms with van der Waals surface area (Å²) in [6.07, 6.45) is -0.321. The molecule has 0 atom stereocenters. The fourth-order valence-electron chi connectivity index (χ4n) is 1.81. The van der Waals surface area contributed by atoms with Crippen LogP contribution in [0.2, 0.25) is 0 Å². The van der Waals surface area contributed by atoms with Crippen molar-refractivity contribution in [1.29, 1.82) is 0 Å². The number of nitrogens with two attached hydrogens (primary N) is 1. The molecule has 2 aromatic rings. The van der Waals surface area contributed by atoms with E-state index >= 15 is 0 Å². The molecule has 12 nitrogen and oxygen atoms in total. The highest BCUT2D eigenvalue weighted by atomic mass is 32.2. The molecule has 0 spiro atoms. The van der Waals surface area contributed by atoms with Crippen molar-refractivity contribution in [2.24, 2.45) is 5.14 Å². The number of aromatic nitrogens is 2. The van der Waals surface area contributed by atoms with Gasteiger partial charge in [0.25, 0.3) is 10.0 Å². The van der Waals surface area contributed by atoms with Gasteiger partial charge in [0.2, 0.25) is 25.4 Å². The molecule has 146 valence electrons. The number of amides is 1. The summed E-state index contributed by atoms with van der Waals surface area (Å²) in [6, 6.07) is 5.02. The standard InChI is InChI=1S/C12H13N5O7S3/c13-26(21,22)12-17-16-11(25-12)15-9(18)5-6-14-27(23,24)8-4-2-1-3-7(8)10(19)20/h1-4,14H,5-6H2,(H,19,20)(H2,13,21,22)(H,15,16,18). The van der Waals surface area contributed by atoms with Gasteiger partial charge in [0, 0.05) is 13.0 Å². The molecule has 5 N–H and O–H groups in total. The Labute approximate surface area is 157 Å². The van der Waals surface area contributed by atoms with E-state index in [1.165, 1.54) is 12.1 Å². The molecule has 1 heterocycles. The number of carbonyl (C=O) groups is 2. The highest BCUT2D eigenvalue weighted by molar-refractivity contribution is 7.91. The lowest BCUT2D eigenvalue weighted by molar-refractivity contribution is -0.116. The number of rotatable bonds is 8. The minimum atomic E-state index is -4.15. The number of benzene rings is 1. The number of nitrogens with zero attached hydrogens (tertiary/aromatic N) is 2. The molecule has 1 aromatic carbocycles. The number of hydrogen-bond acceptors (Lipinski definition) is 9. The predicted molar refractivity (Wildman–Crippen MR) is 93.1 cm³/mol. The Morgan fingerprint density at radius 3 is 2.41 bits per heavy atom. The molecule has 0 saturated heterocycles. The number of sulfonamides is 2. The molecule has 0 radical (unpaired) electrons. The summed E-state index contributed by atoms with van der Waals surface area (Å²) in [5.41, 5.74) is -0.404. The van der Waals surface area contributed by atoms with Crippen LogP contribution in [0.5, 0.6) is 0 Å². The van der Waals surface area contributed by atoms with Crippen LogP contribution in [0.3, 0.4) is 0 Å². The first-order valence-corrected chi connectivity index (χ1v) is 10.8. The lowest BCUT2D eigenvalue weighted by Crippen LogP contribution is -2.29. The molecule has 0 aliphatic rings. The largest absolute Gasteiger partial charge is 0.478 e. The molecule has 27 heavy (non-hydrogen) atoms. The number of carboxylic acids is 1. The molecule has 1 amide bonds. The number of primary sulfonamides is 1. The summed E-state index contributed by atoms with van der Waals surface area (Å²) in [5.74, 6) is -2.07. The van der Waals surface area contributed by atoms with E-state index in [1.807, 2.05) is 0 Å². The normalized spacial score (nSPS) is 11.9. The van der Waals surface area contributed by atoms with E-state index in [4.69, 9.17) is 10.2 Å². The topological polar surface area (TPSA) is 199 Å². The molecule has 15 heteroatoms. The van der Waals surface area contributed by atoms with Crippen molar-refractivity contribution in [3.8, 4) is 0 Å². The zero-order valence-corrected chi connectivity index (χ0v) is 15.8. The fourth-order valence-corrected chi connectivity index (χ4v) is 4.39. The van der Waals surface area contributed by atoms with E-state index < -0.39 is 46.7 Å². The Hall–Kier alpha value is -2.46. The van der Waals surface area contributed by atoms with Gasteiger partial charge in [0.15, 0.2) is 0 Å². The van der Waals surface area contributed by atoms with Gasteiger partial charge < -0.3 is 10.4 Å². The van der Waals surface area contributed by atoms with Crippen LogP contribution in [0.15, 0.2) is 33.5 Å². The van der Waals surface area contributed by atoms with Gasteiger partial charge in [0.05, 0.1) is 10.5 Å². The van der Waals surface area contributed by atoms with E-state index in [0.29, 0.717) is 11.3 Å². The van der Waals surface area contributed by atoms with Crippen LogP contribution in [0.4, 0.5) is 5.13 Å². The van der Waals surface area contributed by atoms with Gasteiger partial charge in [-0.15, -0.1) is 10.2 Å². The summed E-state index contributed by atoms with van der Waals surface area (Å²) in [7, 11) is -8.19. The van der Waals surface area contributed by atoms with Crippen molar-refractivity contribution < 1.29 is 31.5 Å². The zero-order chi connectivity index (χ0) is 20.2. The third kappa shape index (κ3) is 5.51. The Bertz CT molecular complexity index is 1080. The maximum absolute atomic E-state index is 12.2. The first kappa shape index (κ1) is 20.8. The molecule has 0 saturated carbocycles. The summed E-state index contributed by atoms with van der Waals surface area (Å²) >= 11 is 0.538. The van der Waals surface area contributed by atoms with Crippen LogP contribution in [0, 0.1) is 0 Å². The smallest absolute Gasteiger partial charge is 0.337 e. The summed E-state index contributed by atoms with van der Waals surface area (Å²) in [6.45, 7) is -0.330. The number of anilines is 1. The van der Waals surface area contributed by atoms with E-state index in [-0.39, 0.29) is 18.1 Å². The summed E-state index contributed by atoms with van der Waals surface area (Å²) in [5, 5.41) is 22.8. The molecule has 0 fully saturated rings. The van der Waals surface area contributed by atoms with E-state index in [9.17, 15) is 26.4 Å². The fraction of sp³-hybridized carbons (Fsp3) is 0.167. The van der Waals surface area contributed by atoms with Gasteiger partial charge in [-0.25, -0.2) is 31.5 Å². The highest BCUT2D eigenvalue weighted by Gasteiger charge is 2.22. The van der Waals surface area contributed by atoms with Crippen LogP contribution in [0.1, 0.15) is 16.8 Å². The molecule has 0 unspecified atom stereocenters. The number of aromatic carboxylic acids is 1. The third-order valence-electron chi connectivity index (χ3n) is 2.95. The molecule has 1 aromatic heterocycles. The molecule has 0 aliphatic carbocycles. The van der Waals surface area contributed by atoms with Gasteiger partial charge in [0.1, 0.15) is 0 Å². The Balaban J connectivity index is 1.96. The average Bonchev–Trinajstić information content (AvgIpc) is 3.03. The molecular weight excluding hydrogens is 422 g/mol. The third-order valence-corrected chi connectivity index (χ3v) is 6.62. The number of carbonyl (C=O) groups excluding carboxylic acids is 1. The molecule has 0 bridgehead atoms. The summed E-state index contributed by atoms with van der Waals surface area (Å²) < 4.78 is 48.2. The number of carboxylic acid groups (broad SMARTS) is 1. The van der Waals surface area contributed by atoms with Crippen molar-refractivity contribution >= 4 is 48.4 Å². The number of nitrogens with one attached hydrogen (secondary N) is 2. The van der Waals surface area contributed by atoms with Crippen molar-refractivity contribution in [3.63, 3.8) is 0 Å². The van der Waals surface area contributed by atoms with E-state index in [2.05, 4.69) is 20.2 Å². The second-order valence-corrected chi connectivity index (χ2v) is 9.36. The minimum Gasteiger partial charge on any atom is -0.478 e. The van der Waals surface area contributed by atoms with Crippen LogP contribution in [0.25, 0.3) is 0 Å². The van der Waals surface area contributed by atoms with Crippen LogP contribution in [-0.2, 0) is 24.8 Å². The summed E-state index contributed by atoms with van der Waals surface area (Å²) in [4.78, 5) is 22.5. The Kier molecular flexibility index (Phi) is 6.22. The zero-order valence-electron chi connectivity index (χ0n) is 13.3. The SMILES string of the molecule is NS(=O)(=O)c1nnc(NC(=O)CCNS(=O)(=O)c2ccccc2C(=O)O)s1. The monoisotopic (exact) mass is 435 g/mol. The van der Waals surface area contributed by atoms with Gasteiger partial charge >= 0.3 is 5.97 Å². The van der Waals surface area contributed by atoms with Crippen molar-refractivity contribution in [2.45, 2.75) is 15.7 Å². The van der Waals surface area contributed by atoms with Crippen LogP contribution >= 0.6 is 11.3 Å². The maximum Gasteiger partial charge on any atom is 0.337 e. The van der Waals surface area contributed by atoms with Crippen molar-refractivity contribution in [2.75, 3.05) is 11.9 Å². The predicted octanol–water partition coefficient (Wildman–Crippen LogP) is -0.809. The first-order chi connectivity index (χ1) is 12.5. The lowest BCUT2D eigenvalue weighted by Gasteiger charge is -2.09. The Morgan fingerprint density at radius 1 is 1.15 bits per heavy atom. The van der Waals surface area contributed by atoms with Gasteiger partial charge in [-0.3, -0.25) is 4.79 Å². The molecule has 0 aliphatic heterocycles. The van der Waals surface area contributed by atoms with Gasteiger partial charge in [-0.05, 0) is 12.1 Å².